The number of fused-ring (bicyclic) bond motifs is 2. The molecule has 0 aliphatic carbocycles. The maximum atomic E-state index is 14.3. The largest absolute Gasteiger partial charge is 0.204 e. The van der Waals surface area contributed by atoms with Gasteiger partial charge in [-0.1, -0.05) is 45.0 Å². The van der Waals surface area contributed by atoms with Crippen LogP contribution in [-0.2, 0) is 5.75 Å². The fourth-order valence-electron chi connectivity index (χ4n) is 2.87. The van der Waals surface area contributed by atoms with Crippen LogP contribution in [-0.4, -0.2) is 0 Å². The van der Waals surface area contributed by atoms with Crippen LogP contribution in [0.15, 0.2) is 41.3 Å². The van der Waals surface area contributed by atoms with Crippen LogP contribution >= 0.6 is 11.8 Å². The summed E-state index contributed by atoms with van der Waals surface area (Å²) >= 11 is 1.47. The van der Waals surface area contributed by atoms with Crippen molar-refractivity contribution in [3.05, 3.63) is 64.7 Å². The maximum absolute atomic E-state index is 14.3. The van der Waals surface area contributed by atoms with Crippen LogP contribution in [0.5, 0.6) is 0 Å². The van der Waals surface area contributed by atoms with Gasteiger partial charge in [-0.15, -0.1) is 11.8 Å². The van der Waals surface area contributed by atoms with Crippen molar-refractivity contribution in [2.75, 3.05) is 0 Å². The number of hydrogen-bond donors (Lipinski definition) is 0. The van der Waals surface area contributed by atoms with Crippen LogP contribution in [0.1, 0.15) is 44.7 Å². The highest BCUT2D eigenvalue weighted by Gasteiger charge is 2.34. The normalized spacial score (nSPS) is 22.0. The zero-order chi connectivity index (χ0) is 16.1. The summed E-state index contributed by atoms with van der Waals surface area (Å²) in [6.45, 7) is 5.91. The number of thioether (sulfide) groups is 1. The van der Waals surface area contributed by atoms with E-state index in [1.807, 2.05) is 45.0 Å². The van der Waals surface area contributed by atoms with Crippen molar-refractivity contribution < 1.29 is 10.2 Å². The van der Waals surface area contributed by atoms with E-state index in [1.54, 1.807) is 6.07 Å². The van der Waals surface area contributed by atoms with Crippen LogP contribution in [0, 0.1) is 17.0 Å². The molecule has 0 amide bonds. The van der Waals surface area contributed by atoms with E-state index in [1.165, 1.54) is 11.8 Å². The van der Waals surface area contributed by atoms with Gasteiger partial charge in [-0.25, -0.2) is 8.78 Å². The van der Waals surface area contributed by atoms with Crippen molar-refractivity contribution in [2.24, 2.45) is 5.41 Å². The molecular weight excluding hydrogens is 286 g/mol. The van der Waals surface area contributed by atoms with E-state index >= 15 is 0 Å². The first-order chi connectivity index (χ1) is 10.3. The number of halogens is 2. The summed E-state index contributed by atoms with van der Waals surface area (Å²) in [7, 11) is 0. The molecule has 0 unspecified atom stereocenters. The number of hydrogen-bond acceptors (Lipinski definition) is 1. The first kappa shape index (κ1) is 13.3. The maximum Gasteiger partial charge on any atom is 0.163 e. The average Bonchev–Trinajstić information content (AvgIpc) is 2.59. The lowest BCUT2D eigenvalue weighted by molar-refractivity contribution is 0.353. The summed E-state index contributed by atoms with van der Waals surface area (Å²) in [5, 5.41) is 0. The summed E-state index contributed by atoms with van der Waals surface area (Å²) in [6, 6.07) is 10.4. The number of rotatable bonds is 0. The predicted octanol–water partition coefficient (Wildman–Crippen LogP) is 5.75. The molecule has 1 aliphatic rings. The van der Waals surface area contributed by atoms with Crippen LogP contribution in [0.3, 0.4) is 0 Å². The van der Waals surface area contributed by atoms with Crippen molar-refractivity contribution in [1.82, 2.24) is 0 Å². The summed E-state index contributed by atoms with van der Waals surface area (Å²) in [5.74, 6) is -2.45. The molecule has 110 valence electrons. The minimum atomic E-state index is -1.13. The topological polar surface area (TPSA) is 0 Å². The van der Waals surface area contributed by atoms with Gasteiger partial charge in [0.15, 0.2) is 11.6 Å². The predicted molar refractivity (Wildman–Crippen MR) is 83.7 cm³/mol. The Labute approximate surface area is 130 Å². The Hall–Kier alpha value is -1.35. The summed E-state index contributed by atoms with van der Waals surface area (Å²) < 4.78 is 37.3. The Morgan fingerprint density at radius 2 is 1.81 bits per heavy atom. The van der Waals surface area contributed by atoms with Crippen LogP contribution in [0.25, 0.3) is 0 Å². The van der Waals surface area contributed by atoms with Gasteiger partial charge in [0, 0.05) is 23.5 Å². The summed E-state index contributed by atoms with van der Waals surface area (Å²) in [6.07, 6.45) is 0. The van der Waals surface area contributed by atoms with Gasteiger partial charge in [0.25, 0.3) is 0 Å². The number of benzene rings is 2. The molecule has 0 saturated carbocycles. The fraction of sp³-hybridized carbons (Fsp3) is 0.333. The molecule has 0 radical (unpaired) electrons. The second kappa shape index (κ2) is 5.13. The lowest BCUT2D eigenvalue weighted by Crippen LogP contribution is -2.21. The van der Waals surface area contributed by atoms with Gasteiger partial charge in [-0.3, -0.25) is 0 Å². The molecule has 0 fully saturated rings. The molecule has 3 heteroatoms. The molecule has 1 aliphatic heterocycles. The monoisotopic (exact) mass is 305 g/mol. The Balaban J connectivity index is 2.40. The van der Waals surface area contributed by atoms with Crippen molar-refractivity contribution in [3.8, 4) is 0 Å². The molecule has 0 aromatic heterocycles. The van der Waals surface area contributed by atoms with Gasteiger partial charge in [0.05, 0.1) is 0 Å². The summed E-state index contributed by atoms with van der Waals surface area (Å²) in [4.78, 5) is 0.962. The first-order valence-corrected chi connectivity index (χ1v) is 7.95. The third-order valence-corrected chi connectivity index (χ3v) is 4.84. The van der Waals surface area contributed by atoms with Crippen LogP contribution in [0.2, 0.25) is 0 Å². The molecule has 2 aromatic carbocycles. The van der Waals surface area contributed by atoms with Crippen molar-refractivity contribution in [3.63, 3.8) is 0 Å². The highest BCUT2D eigenvalue weighted by molar-refractivity contribution is 7.98. The minimum Gasteiger partial charge on any atom is -0.204 e. The Morgan fingerprint density at radius 3 is 2.52 bits per heavy atom. The Morgan fingerprint density at radius 1 is 1.10 bits per heavy atom. The van der Waals surface area contributed by atoms with Crippen molar-refractivity contribution >= 4 is 11.8 Å². The van der Waals surface area contributed by atoms with E-state index in [-0.39, 0.29) is 0 Å². The quantitative estimate of drug-likeness (QED) is 0.597. The van der Waals surface area contributed by atoms with E-state index in [0.29, 0.717) is 16.9 Å². The minimum absolute atomic E-state index is 0.311. The second-order valence-electron chi connectivity index (χ2n) is 6.30. The Kier molecular flexibility index (Phi) is 3.26. The first-order valence-electron chi connectivity index (χ1n) is 7.46. The third kappa shape index (κ3) is 2.48. The lowest BCUT2D eigenvalue weighted by Gasteiger charge is -2.32. The molecular formula is C18H18F2S. The molecule has 0 saturated heterocycles. The zero-order valence-electron chi connectivity index (χ0n) is 13.3. The van der Waals surface area contributed by atoms with Gasteiger partial charge >= 0.3 is 0 Å². The van der Waals surface area contributed by atoms with Gasteiger partial charge in [-0.05, 0) is 28.7 Å². The second-order valence-corrected chi connectivity index (χ2v) is 7.31. The van der Waals surface area contributed by atoms with E-state index in [0.717, 1.165) is 16.5 Å². The van der Waals surface area contributed by atoms with Gasteiger partial charge in [-0.2, -0.15) is 0 Å². The molecule has 0 nitrogen and oxygen atoms in total. The molecule has 0 bridgehead atoms. The smallest absolute Gasteiger partial charge is 0.163 e. The molecule has 1 atom stereocenters. The molecule has 1 heterocycles. The summed E-state index contributed by atoms with van der Waals surface area (Å²) in [5.41, 5.74) is 1.27. The standard InChI is InChI=1S/C18H18F2S/c1-18(2,3)16-11-8-9-14(19)17(20)13(11)10-21-15-7-5-4-6-12(15)16/h4-9,16H,10H2,1-3H3/t16-/m0/s1/i16D. The SMILES string of the molecule is [2H][C@@]1(C(C)(C)C)c2ccccc2SCc2c1ccc(F)c2F. The highest BCUT2D eigenvalue weighted by atomic mass is 32.2. The van der Waals surface area contributed by atoms with Gasteiger partial charge < -0.3 is 0 Å². The molecule has 2 aromatic rings. The third-order valence-electron chi connectivity index (χ3n) is 3.74. The molecule has 0 spiro atoms. The van der Waals surface area contributed by atoms with Crippen molar-refractivity contribution in [2.45, 2.75) is 37.3 Å². The van der Waals surface area contributed by atoms with E-state index < -0.39 is 22.9 Å². The lowest BCUT2D eigenvalue weighted by atomic mass is 9.71. The van der Waals surface area contributed by atoms with Gasteiger partial charge in [0.1, 0.15) is 0 Å². The zero-order valence-corrected chi connectivity index (χ0v) is 13.2. The molecule has 0 N–H and O–H groups in total. The molecule has 21 heavy (non-hydrogen) atoms. The van der Waals surface area contributed by atoms with E-state index in [9.17, 15) is 10.2 Å². The van der Waals surface area contributed by atoms with Gasteiger partial charge in [0.2, 0.25) is 0 Å². The Bertz CT molecular complexity index is 736. The van der Waals surface area contributed by atoms with E-state index in [4.69, 9.17) is 0 Å². The van der Waals surface area contributed by atoms with Crippen LogP contribution in [0.4, 0.5) is 8.78 Å². The average molecular weight is 305 g/mol. The van der Waals surface area contributed by atoms with Crippen molar-refractivity contribution in [1.29, 1.82) is 0 Å². The fourth-order valence-corrected chi connectivity index (χ4v) is 3.95. The van der Waals surface area contributed by atoms with E-state index in [2.05, 4.69) is 0 Å². The van der Waals surface area contributed by atoms with Crippen LogP contribution < -0.4 is 0 Å². The highest BCUT2D eigenvalue weighted by Crippen LogP contribution is 2.49. The molecule has 3 rings (SSSR count).